The van der Waals surface area contributed by atoms with Gasteiger partial charge in [0.1, 0.15) is 6.10 Å². The van der Waals surface area contributed by atoms with Crippen LogP contribution in [0.3, 0.4) is 0 Å². The van der Waals surface area contributed by atoms with E-state index in [2.05, 4.69) is 11.1 Å². The standard InChI is InChI=1S/C21H17Cl2N3O2/c22-17-6-7-18(19(23)11-17)20(13-26-10-9-25-14-26)28-21(27)8-5-15-1-3-16(12-24)4-2-15/h1-4,6-7,9-11,14,20H,5,8,13H2. The second-order valence-electron chi connectivity index (χ2n) is 6.21. The molecule has 1 heterocycles. The SMILES string of the molecule is N#Cc1ccc(CCC(=O)OC(Cn2ccnc2)c2ccc(Cl)cc2Cl)cc1. The molecule has 0 bridgehead atoms. The summed E-state index contributed by atoms with van der Waals surface area (Å²) in [5.41, 5.74) is 2.24. The lowest BCUT2D eigenvalue weighted by Gasteiger charge is -2.20. The highest BCUT2D eigenvalue weighted by Gasteiger charge is 2.20. The van der Waals surface area contributed by atoms with Crippen molar-refractivity contribution in [2.24, 2.45) is 0 Å². The second kappa shape index (κ2) is 9.41. The van der Waals surface area contributed by atoms with E-state index in [0.717, 1.165) is 5.56 Å². The third-order valence-corrected chi connectivity index (χ3v) is 4.78. The van der Waals surface area contributed by atoms with E-state index >= 15 is 0 Å². The molecule has 1 unspecified atom stereocenters. The van der Waals surface area contributed by atoms with Crippen LogP contribution in [0.15, 0.2) is 61.2 Å². The summed E-state index contributed by atoms with van der Waals surface area (Å²) >= 11 is 12.3. The fourth-order valence-corrected chi connectivity index (χ4v) is 3.29. The van der Waals surface area contributed by atoms with Crippen LogP contribution in [-0.4, -0.2) is 15.5 Å². The van der Waals surface area contributed by atoms with E-state index in [4.69, 9.17) is 33.2 Å². The molecule has 1 aromatic heterocycles. The number of hydrogen-bond donors (Lipinski definition) is 0. The Bertz CT molecular complexity index is 980. The molecule has 0 aliphatic rings. The predicted octanol–water partition coefficient (Wildman–Crippen LogP) is 4.98. The van der Waals surface area contributed by atoms with Crippen LogP contribution in [-0.2, 0) is 22.5 Å². The summed E-state index contributed by atoms with van der Waals surface area (Å²) < 4.78 is 7.55. The molecule has 0 saturated heterocycles. The second-order valence-corrected chi connectivity index (χ2v) is 7.06. The average Bonchev–Trinajstić information content (AvgIpc) is 3.19. The molecule has 3 rings (SSSR count). The average molecular weight is 414 g/mol. The van der Waals surface area contributed by atoms with E-state index in [0.29, 0.717) is 34.1 Å². The molecule has 0 N–H and O–H groups in total. The van der Waals surface area contributed by atoms with Gasteiger partial charge in [0.15, 0.2) is 0 Å². The molecule has 0 aliphatic carbocycles. The van der Waals surface area contributed by atoms with Crippen LogP contribution in [0.25, 0.3) is 0 Å². The predicted molar refractivity (Wildman–Crippen MR) is 107 cm³/mol. The van der Waals surface area contributed by atoms with Gasteiger partial charge in [-0.25, -0.2) is 4.98 Å². The maximum absolute atomic E-state index is 12.5. The number of ether oxygens (including phenoxy) is 1. The van der Waals surface area contributed by atoms with Gasteiger partial charge in [0.25, 0.3) is 0 Å². The number of aryl methyl sites for hydroxylation is 1. The Hall–Kier alpha value is -2.81. The van der Waals surface area contributed by atoms with Gasteiger partial charge < -0.3 is 9.30 Å². The largest absolute Gasteiger partial charge is 0.455 e. The fraction of sp³-hybridized carbons (Fsp3) is 0.190. The van der Waals surface area contributed by atoms with Crippen molar-refractivity contribution < 1.29 is 9.53 Å². The highest BCUT2D eigenvalue weighted by atomic mass is 35.5. The number of imidazole rings is 1. The molecule has 0 saturated carbocycles. The van der Waals surface area contributed by atoms with Gasteiger partial charge in [-0.05, 0) is 36.2 Å². The van der Waals surface area contributed by atoms with Gasteiger partial charge in [-0.1, -0.05) is 41.4 Å². The highest BCUT2D eigenvalue weighted by Crippen LogP contribution is 2.30. The number of carbonyl (C=O) groups excluding carboxylic acids is 1. The number of rotatable bonds is 7. The molecule has 3 aromatic rings. The molecule has 0 amide bonds. The third kappa shape index (κ3) is 5.35. The summed E-state index contributed by atoms with van der Waals surface area (Å²) in [5, 5.41) is 9.81. The summed E-state index contributed by atoms with van der Waals surface area (Å²) in [7, 11) is 0. The lowest BCUT2D eigenvalue weighted by molar-refractivity contribution is -0.150. The Morgan fingerprint density at radius 1 is 1.21 bits per heavy atom. The molecule has 0 spiro atoms. The topological polar surface area (TPSA) is 67.9 Å². The van der Waals surface area contributed by atoms with E-state index < -0.39 is 6.10 Å². The number of aromatic nitrogens is 2. The van der Waals surface area contributed by atoms with E-state index in [1.165, 1.54) is 0 Å². The summed E-state index contributed by atoms with van der Waals surface area (Å²) in [6.45, 7) is 0.393. The van der Waals surface area contributed by atoms with E-state index in [1.807, 2.05) is 16.7 Å². The van der Waals surface area contributed by atoms with Crippen molar-refractivity contribution in [3.05, 3.63) is 87.9 Å². The normalized spacial score (nSPS) is 11.6. The quantitative estimate of drug-likeness (QED) is 0.512. The van der Waals surface area contributed by atoms with Gasteiger partial charge in [0.2, 0.25) is 0 Å². The maximum Gasteiger partial charge on any atom is 0.306 e. The number of hydrogen-bond acceptors (Lipinski definition) is 4. The molecule has 0 aliphatic heterocycles. The Morgan fingerprint density at radius 3 is 2.64 bits per heavy atom. The molecule has 2 aromatic carbocycles. The van der Waals surface area contributed by atoms with E-state index in [-0.39, 0.29) is 12.4 Å². The highest BCUT2D eigenvalue weighted by molar-refractivity contribution is 6.35. The summed E-state index contributed by atoms with van der Waals surface area (Å²) in [5.74, 6) is -0.333. The Balaban J connectivity index is 1.69. The molecule has 1 atom stereocenters. The molecule has 7 heteroatoms. The third-order valence-electron chi connectivity index (χ3n) is 4.22. The molecule has 0 fully saturated rings. The van der Waals surface area contributed by atoms with Crippen molar-refractivity contribution in [3.8, 4) is 6.07 Å². The van der Waals surface area contributed by atoms with Gasteiger partial charge in [-0.3, -0.25) is 4.79 Å². The zero-order chi connectivity index (χ0) is 19.9. The van der Waals surface area contributed by atoms with Crippen molar-refractivity contribution in [3.63, 3.8) is 0 Å². The lowest BCUT2D eigenvalue weighted by atomic mass is 10.1. The molecule has 28 heavy (non-hydrogen) atoms. The van der Waals surface area contributed by atoms with Gasteiger partial charge in [0, 0.05) is 34.4 Å². The Kier molecular flexibility index (Phi) is 6.70. The van der Waals surface area contributed by atoms with Crippen LogP contribution >= 0.6 is 23.2 Å². The summed E-state index contributed by atoms with van der Waals surface area (Å²) in [6.07, 6.45) is 5.29. The molecular weight excluding hydrogens is 397 g/mol. The first-order valence-corrected chi connectivity index (χ1v) is 9.40. The number of carbonyl (C=O) groups is 1. The summed E-state index contributed by atoms with van der Waals surface area (Å²) in [6, 6.07) is 14.3. The van der Waals surface area contributed by atoms with Crippen molar-refractivity contribution in [1.29, 1.82) is 5.26 Å². The first kappa shape index (κ1) is 19.9. The number of halogens is 2. The first-order chi connectivity index (χ1) is 13.5. The van der Waals surface area contributed by atoms with Crippen LogP contribution in [0.5, 0.6) is 0 Å². The first-order valence-electron chi connectivity index (χ1n) is 8.64. The van der Waals surface area contributed by atoms with Gasteiger partial charge in [-0.15, -0.1) is 0 Å². The Labute approximate surface area is 173 Å². The minimum atomic E-state index is -0.563. The molecule has 142 valence electrons. The summed E-state index contributed by atoms with van der Waals surface area (Å²) in [4.78, 5) is 16.5. The van der Waals surface area contributed by atoms with Crippen LogP contribution < -0.4 is 0 Å². The minimum absolute atomic E-state index is 0.220. The number of benzene rings is 2. The van der Waals surface area contributed by atoms with Crippen molar-refractivity contribution in [2.45, 2.75) is 25.5 Å². The van der Waals surface area contributed by atoms with Crippen molar-refractivity contribution >= 4 is 29.2 Å². The molecule has 0 radical (unpaired) electrons. The molecule has 5 nitrogen and oxygen atoms in total. The minimum Gasteiger partial charge on any atom is -0.455 e. The van der Waals surface area contributed by atoms with Crippen LogP contribution in [0.4, 0.5) is 0 Å². The van der Waals surface area contributed by atoms with E-state index in [9.17, 15) is 4.79 Å². The van der Waals surface area contributed by atoms with Gasteiger partial charge in [-0.2, -0.15) is 5.26 Å². The van der Waals surface area contributed by atoms with Crippen molar-refractivity contribution in [1.82, 2.24) is 9.55 Å². The van der Waals surface area contributed by atoms with Crippen LogP contribution in [0.2, 0.25) is 10.0 Å². The maximum atomic E-state index is 12.5. The zero-order valence-corrected chi connectivity index (χ0v) is 16.4. The fourth-order valence-electron chi connectivity index (χ4n) is 2.76. The Morgan fingerprint density at radius 2 is 2.00 bits per heavy atom. The number of nitriles is 1. The monoisotopic (exact) mass is 413 g/mol. The van der Waals surface area contributed by atoms with Crippen molar-refractivity contribution in [2.75, 3.05) is 0 Å². The lowest BCUT2D eigenvalue weighted by Crippen LogP contribution is -2.17. The number of esters is 1. The van der Waals surface area contributed by atoms with Gasteiger partial charge in [0.05, 0.1) is 24.5 Å². The smallest absolute Gasteiger partial charge is 0.306 e. The zero-order valence-electron chi connectivity index (χ0n) is 14.9. The number of nitrogens with zero attached hydrogens (tertiary/aromatic N) is 3. The van der Waals surface area contributed by atoms with Crippen LogP contribution in [0.1, 0.15) is 29.2 Å². The van der Waals surface area contributed by atoms with E-state index in [1.54, 1.807) is 49.1 Å². The van der Waals surface area contributed by atoms with Gasteiger partial charge >= 0.3 is 5.97 Å². The molecular formula is C21H17Cl2N3O2. The van der Waals surface area contributed by atoms with Crippen LogP contribution in [0, 0.1) is 11.3 Å².